The molecule has 0 radical (unpaired) electrons. The van der Waals surface area contributed by atoms with Gasteiger partial charge in [-0.15, -0.1) is 0 Å². The molecule has 5 nitrogen and oxygen atoms in total. The van der Waals surface area contributed by atoms with Crippen LogP contribution in [0.3, 0.4) is 0 Å². The van der Waals surface area contributed by atoms with E-state index in [0.717, 1.165) is 23.8 Å². The second-order valence-electron chi connectivity index (χ2n) is 6.73. The lowest BCUT2D eigenvalue weighted by molar-refractivity contribution is -0.137. The van der Waals surface area contributed by atoms with Crippen molar-refractivity contribution in [3.63, 3.8) is 0 Å². The molecule has 0 spiro atoms. The largest absolute Gasteiger partial charge is 0.493 e. The molecule has 3 aromatic carbocycles. The van der Waals surface area contributed by atoms with E-state index in [-0.39, 0.29) is 17.2 Å². The predicted octanol–water partition coefficient (Wildman–Crippen LogP) is 6.36. The number of nitrogens with zero attached hydrogens (tertiary/aromatic N) is 1. The molecule has 0 bridgehead atoms. The Morgan fingerprint density at radius 1 is 1.09 bits per heavy atom. The fourth-order valence-electron chi connectivity index (χ4n) is 2.76. The molecule has 0 aliphatic carbocycles. The number of rotatable bonds is 7. The summed E-state index contributed by atoms with van der Waals surface area (Å²) in [5.74, 6) is -0.139. The summed E-state index contributed by atoms with van der Waals surface area (Å²) in [6.45, 7) is 0.230. The highest BCUT2D eigenvalue weighted by Gasteiger charge is 2.30. The van der Waals surface area contributed by atoms with Gasteiger partial charge in [0.2, 0.25) is 0 Å². The van der Waals surface area contributed by atoms with Gasteiger partial charge in [0.05, 0.1) is 23.9 Å². The first-order valence-electron chi connectivity index (χ1n) is 9.43. The summed E-state index contributed by atoms with van der Waals surface area (Å²) in [4.78, 5) is 12.1. The number of ether oxygens (including phenoxy) is 2. The summed E-state index contributed by atoms with van der Waals surface area (Å²) in [6, 6.07) is 14.3. The van der Waals surface area contributed by atoms with Crippen LogP contribution in [-0.2, 0) is 12.8 Å². The van der Waals surface area contributed by atoms with Gasteiger partial charge in [0.25, 0.3) is 5.91 Å². The highest BCUT2D eigenvalue weighted by atomic mass is 35.5. The van der Waals surface area contributed by atoms with E-state index in [1.807, 2.05) is 12.1 Å². The van der Waals surface area contributed by atoms with E-state index in [4.69, 9.17) is 32.7 Å². The third-order valence-corrected chi connectivity index (χ3v) is 4.91. The molecule has 0 aromatic heterocycles. The lowest BCUT2D eigenvalue weighted by atomic mass is 10.1. The lowest BCUT2D eigenvalue weighted by Crippen LogP contribution is -2.18. The number of hydrazone groups is 1. The van der Waals surface area contributed by atoms with Crippen LogP contribution in [0.5, 0.6) is 11.5 Å². The van der Waals surface area contributed by atoms with Crippen molar-refractivity contribution in [1.29, 1.82) is 0 Å². The number of carbonyl (C=O) groups excluding carboxylic acids is 1. The zero-order chi connectivity index (χ0) is 24.0. The van der Waals surface area contributed by atoms with Gasteiger partial charge in [-0.1, -0.05) is 41.4 Å². The molecule has 172 valence electrons. The van der Waals surface area contributed by atoms with Crippen LogP contribution in [0.1, 0.15) is 27.0 Å². The van der Waals surface area contributed by atoms with Gasteiger partial charge in [-0.25, -0.2) is 5.43 Å². The van der Waals surface area contributed by atoms with Crippen LogP contribution in [0, 0.1) is 0 Å². The Balaban J connectivity index is 1.69. The van der Waals surface area contributed by atoms with Crippen LogP contribution in [0.15, 0.2) is 65.8 Å². The second-order valence-corrected chi connectivity index (χ2v) is 7.57. The van der Waals surface area contributed by atoms with E-state index >= 15 is 0 Å². The van der Waals surface area contributed by atoms with Crippen molar-refractivity contribution in [2.45, 2.75) is 12.8 Å². The molecule has 3 rings (SSSR count). The number of carbonyl (C=O) groups is 1. The molecule has 0 heterocycles. The Morgan fingerprint density at radius 2 is 1.82 bits per heavy atom. The number of methoxy groups -OCH3 is 1. The standard InChI is InChI=1S/C23H17Cl2F3N2O3/c1-32-20-10-15(9-19(25)21(20)33-13-14-5-7-18(24)8-6-14)12-29-30-22(31)16-3-2-4-17(11-16)23(26,27)28/h2-12H,13H2,1H3,(H,30,31)/b29-12+. The number of hydrogen-bond acceptors (Lipinski definition) is 4. The molecule has 10 heteroatoms. The average Bonchev–Trinajstić information content (AvgIpc) is 2.78. The molecule has 0 saturated heterocycles. The van der Waals surface area contributed by atoms with E-state index < -0.39 is 17.6 Å². The molecular weight excluding hydrogens is 480 g/mol. The topological polar surface area (TPSA) is 59.9 Å². The Hall–Kier alpha value is -3.23. The third kappa shape index (κ3) is 6.63. The maximum atomic E-state index is 12.8. The summed E-state index contributed by atoms with van der Waals surface area (Å²) in [5, 5.41) is 4.64. The number of hydrogen-bond donors (Lipinski definition) is 1. The number of halogens is 5. The SMILES string of the molecule is COc1cc(/C=N/NC(=O)c2cccc(C(F)(F)F)c2)cc(Cl)c1OCc1ccc(Cl)cc1. The molecule has 1 amide bonds. The number of nitrogens with one attached hydrogen (secondary N) is 1. The van der Waals surface area contributed by atoms with Gasteiger partial charge >= 0.3 is 6.18 Å². The van der Waals surface area contributed by atoms with Gasteiger partial charge in [-0.05, 0) is 53.6 Å². The van der Waals surface area contributed by atoms with Crippen LogP contribution < -0.4 is 14.9 Å². The van der Waals surface area contributed by atoms with Crippen LogP contribution >= 0.6 is 23.2 Å². The van der Waals surface area contributed by atoms with E-state index in [0.29, 0.717) is 22.1 Å². The molecule has 0 unspecified atom stereocenters. The van der Waals surface area contributed by atoms with Crippen LogP contribution in [0.2, 0.25) is 10.0 Å². The van der Waals surface area contributed by atoms with Crippen LogP contribution in [0.25, 0.3) is 0 Å². The van der Waals surface area contributed by atoms with Gasteiger partial charge in [-0.3, -0.25) is 4.79 Å². The van der Waals surface area contributed by atoms with Crippen molar-refractivity contribution < 1.29 is 27.4 Å². The van der Waals surface area contributed by atoms with Crippen molar-refractivity contribution in [3.8, 4) is 11.5 Å². The Morgan fingerprint density at radius 3 is 2.48 bits per heavy atom. The van der Waals surface area contributed by atoms with Gasteiger partial charge in [0.1, 0.15) is 6.61 Å². The van der Waals surface area contributed by atoms with Crippen molar-refractivity contribution in [2.24, 2.45) is 5.10 Å². The Bertz CT molecular complexity index is 1170. The predicted molar refractivity (Wildman–Crippen MR) is 120 cm³/mol. The molecule has 33 heavy (non-hydrogen) atoms. The molecule has 3 aromatic rings. The van der Waals surface area contributed by atoms with Gasteiger partial charge in [0.15, 0.2) is 11.5 Å². The van der Waals surface area contributed by atoms with Gasteiger partial charge in [-0.2, -0.15) is 18.3 Å². The van der Waals surface area contributed by atoms with Gasteiger partial charge in [0, 0.05) is 10.6 Å². The number of amides is 1. The first-order valence-corrected chi connectivity index (χ1v) is 10.2. The maximum absolute atomic E-state index is 12.8. The monoisotopic (exact) mass is 496 g/mol. The first kappa shape index (κ1) is 24.4. The molecule has 0 atom stereocenters. The van der Waals surface area contributed by atoms with Crippen molar-refractivity contribution >= 4 is 35.3 Å². The minimum absolute atomic E-state index is 0.177. The van der Waals surface area contributed by atoms with Crippen molar-refractivity contribution in [1.82, 2.24) is 5.43 Å². The van der Waals surface area contributed by atoms with Crippen molar-refractivity contribution in [3.05, 3.63) is 93.0 Å². The average molecular weight is 497 g/mol. The summed E-state index contributed by atoms with van der Waals surface area (Å²) in [7, 11) is 1.44. The minimum Gasteiger partial charge on any atom is -0.493 e. The third-order valence-electron chi connectivity index (χ3n) is 4.38. The van der Waals surface area contributed by atoms with E-state index in [2.05, 4.69) is 10.5 Å². The molecule has 0 aliphatic rings. The van der Waals surface area contributed by atoms with E-state index in [1.54, 1.807) is 24.3 Å². The first-order chi connectivity index (χ1) is 15.7. The van der Waals surface area contributed by atoms with E-state index in [9.17, 15) is 18.0 Å². The van der Waals surface area contributed by atoms with Gasteiger partial charge < -0.3 is 9.47 Å². The molecule has 0 aliphatic heterocycles. The summed E-state index contributed by atoms with van der Waals surface area (Å²) in [5.41, 5.74) is 2.43. The maximum Gasteiger partial charge on any atom is 0.416 e. The fraction of sp³-hybridized carbons (Fsp3) is 0.130. The quantitative estimate of drug-likeness (QED) is 0.305. The molecule has 0 fully saturated rings. The van der Waals surface area contributed by atoms with Crippen LogP contribution in [-0.4, -0.2) is 19.2 Å². The minimum atomic E-state index is -4.55. The zero-order valence-electron chi connectivity index (χ0n) is 17.1. The summed E-state index contributed by atoms with van der Waals surface area (Å²) in [6.07, 6.45) is -3.27. The summed E-state index contributed by atoms with van der Waals surface area (Å²) >= 11 is 12.2. The molecule has 0 saturated carbocycles. The van der Waals surface area contributed by atoms with Crippen molar-refractivity contribution in [2.75, 3.05) is 7.11 Å². The second kappa shape index (κ2) is 10.6. The van der Waals surface area contributed by atoms with E-state index in [1.165, 1.54) is 19.4 Å². The number of benzene rings is 3. The zero-order valence-corrected chi connectivity index (χ0v) is 18.6. The lowest BCUT2D eigenvalue weighted by Gasteiger charge is -2.13. The molecule has 1 N–H and O–H groups in total. The van der Waals surface area contributed by atoms with Crippen LogP contribution in [0.4, 0.5) is 13.2 Å². The highest BCUT2D eigenvalue weighted by Crippen LogP contribution is 2.36. The Labute approximate surface area is 197 Å². The normalized spacial score (nSPS) is 11.5. The number of alkyl halides is 3. The smallest absolute Gasteiger partial charge is 0.416 e. The molecular formula is C23H17Cl2F3N2O3. The summed E-state index contributed by atoms with van der Waals surface area (Å²) < 4.78 is 49.5. The Kier molecular flexibility index (Phi) is 7.84. The highest BCUT2D eigenvalue weighted by molar-refractivity contribution is 6.32. The fourth-order valence-corrected chi connectivity index (χ4v) is 3.16.